The number of nitrogens with zero attached hydrogens (tertiary/aromatic N) is 1. The van der Waals surface area contributed by atoms with Gasteiger partial charge in [-0.05, 0) is 6.42 Å². The Labute approximate surface area is 169 Å². The fraction of sp³-hybridized carbons (Fsp3) is 0.846. The van der Waals surface area contributed by atoms with Crippen LogP contribution >= 0.6 is 20.0 Å². The maximum atomic E-state index is 12.2. The number of carbonyl (C=O) groups is 2. The van der Waals surface area contributed by atoms with Gasteiger partial charge in [0.25, 0.3) is 0 Å². The van der Waals surface area contributed by atoms with Gasteiger partial charge in [-0.1, -0.05) is 0 Å². The van der Waals surface area contributed by atoms with Gasteiger partial charge in [-0.3, -0.25) is 19.1 Å². The van der Waals surface area contributed by atoms with Gasteiger partial charge < -0.3 is 9.73 Å². The second-order valence-corrected chi connectivity index (χ2v) is 14.2. The lowest BCUT2D eigenvalue weighted by Crippen LogP contribution is -2.33. The third-order valence-electron chi connectivity index (χ3n) is 4.07. The monoisotopic (exact) mass is 480 g/mol. The normalized spacial score (nSPS) is 20.5. The van der Waals surface area contributed by atoms with Crippen molar-refractivity contribution in [1.82, 2.24) is 4.90 Å². The molecular weight excluding hydrogens is 455 g/mol. The summed E-state index contributed by atoms with van der Waals surface area (Å²) in [6.45, 7) is -0.268. The van der Waals surface area contributed by atoms with Crippen molar-refractivity contribution in [1.29, 1.82) is 0 Å². The molecule has 2 atom stereocenters. The van der Waals surface area contributed by atoms with Gasteiger partial charge in [-0.2, -0.15) is 12.6 Å². The fourth-order valence-electron chi connectivity index (χ4n) is 2.37. The average Bonchev–Trinajstić information content (AvgIpc) is 2.82. The number of amides is 2. The molecule has 1 aliphatic rings. The predicted octanol–water partition coefficient (Wildman–Crippen LogP) is -1.58. The third-order valence-corrected chi connectivity index (χ3v) is 10.2. The van der Waals surface area contributed by atoms with Gasteiger partial charge in [-0.15, -0.1) is 0 Å². The molecule has 1 heterocycles. The SMILES string of the molecule is NOCCCS(=O)(=O)CCS(=O)(=O)CCP(=O)(O)CCN1C(=O)CC(S)C1=O. The molecule has 0 spiro atoms. The summed E-state index contributed by atoms with van der Waals surface area (Å²) in [5.74, 6) is 1.53. The first kappa shape index (κ1) is 25.5. The summed E-state index contributed by atoms with van der Waals surface area (Å²) in [7, 11) is -11.4. The van der Waals surface area contributed by atoms with E-state index in [2.05, 4.69) is 17.5 Å². The van der Waals surface area contributed by atoms with Gasteiger partial charge >= 0.3 is 0 Å². The Morgan fingerprint density at radius 1 is 1.11 bits per heavy atom. The largest absolute Gasteiger partial charge is 0.344 e. The van der Waals surface area contributed by atoms with E-state index in [0.717, 1.165) is 4.90 Å². The van der Waals surface area contributed by atoms with Crippen molar-refractivity contribution in [2.75, 3.05) is 48.5 Å². The lowest BCUT2D eigenvalue weighted by molar-refractivity contribution is -0.137. The Kier molecular flexibility index (Phi) is 9.58. The number of nitrogens with two attached hydrogens (primary N) is 1. The van der Waals surface area contributed by atoms with E-state index in [0.29, 0.717) is 0 Å². The van der Waals surface area contributed by atoms with Crippen LogP contribution in [0.2, 0.25) is 0 Å². The first-order valence-electron chi connectivity index (χ1n) is 8.34. The minimum Gasteiger partial charge on any atom is -0.344 e. The molecule has 0 saturated carbocycles. The van der Waals surface area contributed by atoms with Gasteiger partial charge in [0.15, 0.2) is 19.7 Å². The van der Waals surface area contributed by atoms with Crippen molar-refractivity contribution in [3.8, 4) is 0 Å². The first-order valence-corrected chi connectivity index (χ1v) is 14.5. The topological polar surface area (TPSA) is 178 Å². The van der Waals surface area contributed by atoms with Crippen LogP contribution in [0, 0.1) is 0 Å². The van der Waals surface area contributed by atoms with Crippen LogP contribution in [0.25, 0.3) is 0 Å². The van der Waals surface area contributed by atoms with E-state index in [9.17, 15) is 35.9 Å². The molecule has 164 valence electrons. The van der Waals surface area contributed by atoms with Crippen LogP contribution in [0.15, 0.2) is 0 Å². The van der Waals surface area contributed by atoms with Crippen molar-refractivity contribution >= 4 is 51.5 Å². The molecule has 15 heteroatoms. The van der Waals surface area contributed by atoms with Crippen molar-refractivity contribution in [2.24, 2.45) is 5.90 Å². The van der Waals surface area contributed by atoms with E-state index in [4.69, 9.17) is 5.90 Å². The molecule has 0 aromatic carbocycles. The number of imide groups is 1. The lowest BCUT2D eigenvalue weighted by atomic mass is 10.4. The van der Waals surface area contributed by atoms with Crippen molar-refractivity contribution in [3.63, 3.8) is 0 Å². The maximum Gasteiger partial charge on any atom is 0.242 e. The van der Waals surface area contributed by atoms with Crippen LogP contribution in [0.5, 0.6) is 0 Å². The number of carbonyl (C=O) groups excluding carboxylic acids is 2. The van der Waals surface area contributed by atoms with Gasteiger partial charge in [0.05, 0.1) is 34.9 Å². The highest BCUT2D eigenvalue weighted by Gasteiger charge is 2.37. The third kappa shape index (κ3) is 8.89. The molecule has 1 fully saturated rings. The lowest BCUT2D eigenvalue weighted by Gasteiger charge is -2.17. The quantitative estimate of drug-likeness (QED) is 0.0916. The second-order valence-electron chi connectivity index (χ2n) is 6.43. The van der Waals surface area contributed by atoms with Crippen LogP contribution in [-0.4, -0.2) is 92.2 Å². The highest BCUT2D eigenvalue weighted by atomic mass is 32.2. The summed E-state index contributed by atoms with van der Waals surface area (Å²) >= 11 is 3.94. The second kappa shape index (κ2) is 10.5. The zero-order chi connectivity index (χ0) is 21.6. The zero-order valence-corrected chi connectivity index (χ0v) is 18.5. The smallest absolute Gasteiger partial charge is 0.242 e. The summed E-state index contributed by atoms with van der Waals surface area (Å²) < 4.78 is 59.6. The molecule has 0 radical (unpaired) electrons. The van der Waals surface area contributed by atoms with E-state index in [1.165, 1.54) is 0 Å². The Hall–Kier alpha value is -0.500. The average molecular weight is 481 g/mol. The van der Waals surface area contributed by atoms with Gasteiger partial charge in [0, 0.05) is 25.3 Å². The highest BCUT2D eigenvalue weighted by Crippen LogP contribution is 2.40. The molecule has 11 nitrogen and oxygen atoms in total. The van der Waals surface area contributed by atoms with E-state index >= 15 is 0 Å². The number of rotatable bonds is 13. The van der Waals surface area contributed by atoms with Crippen molar-refractivity contribution < 1.29 is 40.7 Å². The molecule has 0 aromatic heterocycles. The van der Waals surface area contributed by atoms with Gasteiger partial charge in [0.2, 0.25) is 19.2 Å². The summed E-state index contributed by atoms with van der Waals surface area (Å²) in [5.41, 5.74) is 0. The number of hydrogen-bond acceptors (Lipinski definition) is 10. The number of likely N-dealkylation sites (tertiary alicyclic amines) is 1. The molecule has 0 bridgehead atoms. The van der Waals surface area contributed by atoms with E-state index in [-0.39, 0.29) is 31.7 Å². The predicted molar refractivity (Wildman–Crippen MR) is 106 cm³/mol. The molecule has 2 unspecified atom stereocenters. The van der Waals surface area contributed by atoms with Gasteiger partial charge in [-0.25, -0.2) is 22.7 Å². The van der Waals surface area contributed by atoms with Crippen LogP contribution in [0.1, 0.15) is 12.8 Å². The molecule has 0 aliphatic carbocycles. The Morgan fingerprint density at radius 3 is 2.18 bits per heavy atom. The molecule has 1 aliphatic heterocycles. The number of thiol groups is 1. The van der Waals surface area contributed by atoms with E-state index in [1.807, 2.05) is 0 Å². The summed E-state index contributed by atoms with van der Waals surface area (Å²) in [6.07, 6.45) is -0.974. The molecule has 1 saturated heterocycles. The van der Waals surface area contributed by atoms with E-state index in [1.54, 1.807) is 0 Å². The minimum absolute atomic E-state index is 0.0235. The summed E-state index contributed by atoms with van der Waals surface area (Å²) in [5, 5.41) is -0.774. The number of hydrogen-bond donors (Lipinski definition) is 3. The van der Waals surface area contributed by atoms with Crippen LogP contribution in [0.4, 0.5) is 0 Å². The first-order chi connectivity index (χ1) is 12.8. The summed E-state index contributed by atoms with van der Waals surface area (Å²) in [4.78, 5) is 38.3. The van der Waals surface area contributed by atoms with Crippen molar-refractivity contribution in [2.45, 2.75) is 18.1 Å². The highest BCUT2D eigenvalue weighted by molar-refractivity contribution is 7.95. The molecule has 2 amide bonds. The van der Waals surface area contributed by atoms with Crippen molar-refractivity contribution in [3.05, 3.63) is 0 Å². The molecule has 1 rings (SSSR count). The van der Waals surface area contributed by atoms with Crippen LogP contribution in [0.3, 0.4) is 0 Å². The maximum absolute atomic E-state index is 12.2. The minimum atomic E-state index is -3.93. The molecular formula is C13H25N2O9PS3. The van der Waals surface area contributed by atoms with Gasteiger partial charge in [0.1, 0.15) is 0 Å². The standard InChI is InChI=1S/C13H25N2O9PS3/c14-24-3-1-6-27(20,21)8-9-28(22,23)7-5-25(18,19)4-2-15-12(16)10-11(26)13(15)17/h11,26H,1-10,14H2,(H,18,19). The molecule has 3 N–H and O–H groups in total. The number of sulfone groups is 2. The van der Waals surface area contributed by atoms with E-state index < -0.39 is 73.7 Å². The Balaban J connectivity index is 2.48. The Bertz CT molecular complexity index is 828. The Morgan fingerprint density at radius 2 is 1.68 bits per heavy atom. The summed E-state index contributed by atoms with van der Waals surface area (Å²) in [6, 6.07) is 0. The molecule has 0 aromatic rings. The van der Waals surface area contributed by atoms with Crippen LogP contribution < -0.4 is 5.90 Å². The fourth-order valence-corrected chi connectivity index (χ4v) is 8.65. The van der Waals surface area contributed by atoms with Crippen LogP contribution in [-0.2, 0) is 38.7 Å². The molecule has 28 heavy (non-hydrogen) atoms. The zero-order valence-electron chi connectivity index (χ0n) is 15.1.